The highest BCUT2D eigenvalue weighted by Gasteiger charge is 2.25. The predicted molar refractivity (Wildman–Crippen MR) is 180 cm³/mol. The molecule has 196 valence electrons. The molecule has 3 unspecified atom stereocenters. The molecule has 0 amide bonds. The third-order valence-corrected chi connectivity index (χ3v) is 13.4. The van der Waals surface area contributed by atoms with Crippen molar-refractivity contribution in [1.29, 1.82) is 0 Å². The zero-order valence-electron chi connectivity index (χ0n) is 22.8. The van der Waals surface area contributed by atoms with E-state index in [-0.39, 0.29) is 0 Å². The zero-order chi connectivity index (χ0) is 27.0. The van der Waals surface area contributed by atoms with Gasteiger partial charge in [-0.15, -0.1) is 9.24 Å². The van der Waals surface area contributed by atoms with E-state index in [0.717, 1.165) is 12.8 Å². The molecule has 0 nitrogen and oxygen atoms in total. The van der Waals surface area contributed by atoms with Gasteiger partial charge in [-0.3, -0.25) is 0 Å². The molecule has 39 heavy (non-hydrogen) atoms. The Morgan fingerprint density at radius 1 is 0.462 bits per heavy atom. The quantitative estimate of drug-likeness (QED) is 0.157. The summed E-state index contributed by atoms with van der Waals surface area (Å²) in [6.45, 7) is 4.91. The molecule has 0 bridgehead atoms. The van der Waals surface area contributed by atoms with Gasteiger partial charge in [0.2, 0.25) is 0 Å². The van der Waals surface area contributed by atoms with Gasteiger partial charge in [-0.05, 0) is 77.7 Å². The number of hydrogen-bond donors (Lipinski definition) is 0. The van der Waals surface area contributed by atoms with E-state index >= 15 is 0 Å². The first-order valence-electron chi connectivity index (χ1n) is 13.8. The van der Waals surface area contributed by atoms with Crippen molar-refractivity contribution in [3.05, 3.63) is 151 Å². The number of rotatable bonds is 10. The van der Waals surface area contributed by atoms with E-state index in [2.05, 4.69) is 163 Å². The Kier molecular flexibility index (Phi) is 9.77. The summed E-state index contributed by atoms with van der Waals surface area (Å²) in [5, 5.41) is 7.17. The van der Waals surface area contributed by atoms with Crippen LogP contribution in [0.3, 0.4) is 0 Å². The lowest BCUT2D eigenvalue weighted by Gasteiger charge is -2.29. The van der Waals surface area contributed by atoms with Gasteiger partial charge in [0, 0.05) is 0 Å². The molecule has 0 radical (unpaired) electrons. The summed E-state index contributed by atoms with van der Waals surface area (Å²) < 4.78 is 0. The standard InChI is InChI=1S/C36H37P3/c1-28(38(31-17-7-3-8-18-31)32-19-9-4-10-20-32)26-30-16-15-25-36(37)35(30)27-29(2)39(33-21-11-5-12-22-33)34-23-13-6-14-24-34/h3-25,28-29H,26-27,37H2,1-2H3. The fourth-order valence-corrected chi connectivity index (χ4v) is 11.3. The topological polar surface area (TPSA) is 0 Å². The van der Waals surface area contributed by atoms with E-state index in [4.69, 9.17) is 0 Å². The summed E-state index contributed by atoms with van der Waals surface area (Å²) in [5.41, 5.74) is 4.05. The largest absolute Gasteiger partial charge is 0.105 e. The van der Waals surface area contributed by atoms with Gasteiger partial charge in [-0.1, -0.05) is 153 Å². The van der Waals surface area contributed by atoms with Crippen LogP contribution in [0.1, 0.15) is 25.0 Å². The van der Waals surface area contributed by atoms with Crippen LogP contribution in [0.25, 0.3) is 0 Å². The summed E-state index contributed by atoms with van der Waals surface area (Å²) in [6, 6.07) is 51.4. The summed E-state index contributed by atoms with van der Waals surface area (Å²) in [5.74, 6) is 0. The minimum atomic E-state index is -0.471. The van der Waals surface area contributed by atoms with Crippen LogP contribution < -0.4 is 26.5 Å². The fraction of sp³-hybridized carbons (Fsp3) is 0.167. The van der Waals surface area contributed by atoms with E-state index in [1.54, 1.807) is 0 Å². The predicted octanol–water partition coefficient (Wildman–Crippen LogP) is 7.31. The van der Waals surface area contributed by atoms with E-state index in [1.165, 1.54) is 37.6 Å². The highest BCUT2D eigenvalue weighted by molar-refractivity contribution is 7.74. The number of hydrogen-bond acceptors (Lipinski definition) is 0. The Balaban J connectivity index is 1.46. The van der Waals surface area contributed by atoms with Crippen molar-refractivity contribution in [2.24, 2.45) is 0 Å². The lowest BCUT2D eigenvalue weighted by atomic mass is 9.99. The Morgan fingerprint density at radius 3 is 1.21 bits per heavy atom. The minimum Gasteiger partial charge on any atom is -0.105 e. The number of benzene rings is 5. The second-order valence-electron chi connectivity index (χ2n) is 10.2. The molecule has 0 N–H and O–H groups in total. The van der Waals surface area contributed by atoms with Crippen LogP contribution in [0.5, 0.6) is 0 Å². The van der Waals surface area contributed by atoms with Gasteiger partial charge in [-0.2, -0.15) is 0 Å². The molecule has 5 rings (SSSR count). The third kappa shape index (κ3) is 6.94. The van der Waals surface area contributed by atoms with Crippen molar-refractivity contribution < 1.29 is 0 Å². The second kappa shape index (κ2) is 13.6. The molecule has 0 aliphatic carbocycles. The molecule has 0 aliphatic heterocycles. The van der Waals surface area contributed by atoms with Crippen LogP contribution in [0.2, 0.25) is 0 Å². The summed E-state index contributed by atoms with van der Waals surface area (Å²) in [7, 11) is 2.11. The molecule has 0 aliphatic rings. The van der Waals surface area contributed by atoms with Crippen LogP contribution >= 0.6 is 25.1 Å². The maximum Gasteiger partial charge on any atom is -0.0116 e. The average molecular weight is 563 g/mol. The van der Waals surface area contributed by atoms with Crippen LogP contribution in [0.4, 0.5) is 0 Å². The van der Waals surface area contributed by atoms with E-state index in [0.29, 0.717) is 11.3 Å². The molecular weight excluding hydrogens is 525 g/mol. The Morgan fingerprint density at radius 2 is 0.821 bits per heavy atom. The van der Waals surface area contributed by atoms with Crippen molar-refractivity contribution in [1.82, 2.24) is 0 Å². The summed E-state index contributed by atoms with van der Waals surface area (Å²) >= 11 is 0. The maximum atomic E-state index is 3.04. The molecule has 0 heterocycles. The lowest BCUT2D eigenvalue weighted by molar-refractivity contribution is 0.879. The van der Waals surface area contributed by atoms with Crippen LogP contribution in [-0.2, 0) is 12.8 Å². The summed E-state index contributed by atoms with van der Waals surface area (Å²) in [4.78, 5) is 0. The van der Waals surface area contributed by atoms with Gasteiger partial charge < -0.3 is 0 Å². The van der Waals surface area contributed by atoms with Gasteiger partial charge in [0.15, 0.2) is 0 Å². The second-order valence-corrected chi connectivity index (χ2v) is 16.1. The molecule has 0 spiro atoms. The molecular formula is C36H37P3. The van der Waals surface area contributed by atoms with Crippen LogP contribution in [-0.4, -0.2) is 11.3 Å². The van der Waals surface area contributed by atoms with Crippen molar-refractivity contribution >= 4 is 51.6 Å². The van der Waals surface area contributed by atoms with Gasteiger partial charge >= 0.3 is 0 Å². The van der Waals surface area contributed by atoms with Crippen molar-refractivity contribution in [3.8, 4) is 0 Å². The Hall–Kier alpha value is -2.61. The first-order chi connectivity index (χ1) is 19.1. The normalized spacial score (nSPS) is 12.9. The van der Waals surface area contributed by atoms with Gasteiger partial charge in [0.05, 0.1) is 0 Å². The molecule has 3 heteroatoms. The monoisotopic (exact) mass is 562 g/mol. The maximum absolute atomic E-state index is 3.04. The molecule has 3 atom stereocenters. The molecule has 0 aromatic heterocycles. The fourth-order valence-electron chi connectivity index (χ4n) is 5.56. The zero-order valence-corrected chi connectivity index (χ0v) is 25.8. The van der Waals surface area contributed by atoms with Gasteiger partial charge in [-0.25, -0.2) is 0 Å². The SMILES string of the molecule is CC(Cc1cccc(P)c1CC(C)P(c1ccccc1)c1ccccc1)P(c1ccccc1)c1ccccc1. The van der Waals surface area contributed by atoms with Gasteiger partial charge in [0.25, 0.3) is 0 Å². The van der Waals surface area contributed by atoms with Crippen molar-refractivity contribution in [2.75, 3.05) is 0 Å². The van der Waals surface area contributed by atoms with E-state index in [1.807, 2.05) is 0 Å². The van der Waals surface area contributed by atoms with Crippen LogP contribution in [0, 0.1) is 0 Å². The van der Waals surface area contributed by atoms with Crippen molar-refractivity contribution in [2.45, 2.75) is 38.0 Å². The van der Waals surface area contributed by atoms with Crippen LogP contribution in [0.15, 0.2) is 140 Å². The smallest absolute Gasteiger partial charge is 0.0116 e. The van der Waals surface area contributed by atoms with Gasteiger partial charge in [0.1, 0.15) is 0 Å². The lowest BCUT2D eigenvalue weighted by Crippen LogP contribution is -2.25. The Bertz CT molecular complexity index is 1360. The molecule has 5 aromatic carbocycles. The first kappa shape index (κ1) is 27.9. The molecule has 0 saturated heterocycles. The van der Waals surface area contributed by atoms with E-state index in [9.17, 15) is 0 Å². The van der Waals surface area contributed by atoms with E-state index < -0.39 is 15.8 Å². The highest BCUT2D eigenvalue weighted by atomic mass is 31.1. The third-order valence-electron chi connectivity index (χ3n) is 7.34. The molecule has 5 aromatic rings. The molecule has 0 fully saturated rings. The minimum absolute atomic E-state index is 0.466. The molecule has 0 saturated carbocycles. The highest BCUT2D eigenvalue weighted by Crippen LogP contribution is 2.43. The first-order valence-corrected chi connectivity index (χ1v) is 17.2. The average Bonchev–Trinajstić information content (AvgIpc) is 2.97. The Labute approximate surface area is 239 Å². The summed E-state index contributed by atoms with van der Waals surface area (Å²) in [6.07, 6.45) is 2.15. The van der Waals surface area contributed by atoms with Crippen molar-refractivity contribution in [3.63, 3.8) is 0 Å².